The summed E-state index contributed by atoms with van der Waals surface area (Å²) in [6.45, 7) is 5.28. The van der Waals surface area contributed by atoms with Crippen molar-refractivity contribution in [3.05, 3.63) is 39.4 Å². The van der Waals surface area contributed by atoms with E-state index in [1.165, 1.54) is 0 Å². The zero-order valence-electron chi connectivity index (χ0n) is 10.8. The van der Waals surface area contributed by atoms with Crippen LogP contribution in [0.3, 0.4) is 0 Å². The average Bonchev–Trinajstić information content (AvgIpc) is 2.30. The molecule has 0 spiro atoms. The van der Waals surface area contributed by atoms with Crippen molar-refractivity contribution in [1.82, 2.24) is 5.32 Å². The molecule has 1 rings (SSSR count). The predicted octanol–water partition coefficient (Wildman–Crippen LogP) is 2.79. The molecular formula is C12H14F2N2O3. The van der Waals surface area contributed by atoms with Gasteiger partial charge in [-0.05, 0) is 26.3 Å². The summed E-state index contributed by atoms with van der Waals surface area (Å²) in [5.41, 5.74) is -2.13. The minimum absolute atomic E-state index is 0.406. The summed E-state index contributed by atoms with van der Waals surface area (Å²) in [4.78, 5) is 21.2. The molecule has 0 saturated heterocycles. The summed E-state index contributed by atoms with van der Waals surface area (Å²) in [5, 5.41) is 13.0. The summed E-state index contributed by atoms with van der Waals surface area (Å²) in [6, 6.07) is 0.942. The van der Waals surface area contributed by atoms with Gasteiger partial charge in [-0.1, -0.05) is 6.92 Å². The van der Waals surface area contributed by atoms with Gasteiger partial charge in [0.25, 0.3) is 5.91 Å². The third kappa shape index (κ3) is 3.46. The molecule has 1 aromatic carbocycles. The predicted molar refractivity (Wildman–Crippen MR) is 64.8 cm³/mol. The van der Waals surface area contributed by atoms with Gasteiger partial charge in [0.15, 0.2) is 0 Å². The van der Waals surface area contributed by atoms with Gasteiger partial charge in [-0.3, -0.25) is 14.9 Å². The van der Waals surface area contributed by atoms with Gasteiger partial charge in [-0.25, -0.2) is 4.39 Å². The number of amides is 1. The quantitative estimate of drug-likeness (QED) is 0.676. The van der Waals surface area contributed by atoms with E-state index in [4.69, 9.17) is 0 Å². The van der Waals surface area contributed by atoms with Crippen molar-refractivity contribution in [3.8, 4) is 0 Å². The largest absolute Gasteiger partial charge is 0.347 e. The maximum absolute atomic E-state index is 13.6. The van der Waals surface area contributed by atoms with Crippen molar-refractivity contribution in [1.29, 1.82) is 0 Å². The lowest BCUT2D eigenvalue weighted by molar-refractivity contribution is -0.387. The zero-order valence-corrected chi connectivity index (χ0v) is 10.8. The van der Waals surface area contributed by atoms with Gasteiger partial charge in [-0.15, -0.1) is 0 Å². The Morgan fingerprint density at radius 1 is 1.37 bits per heavy atom. The second-order valence-electron chi connectivity index (χ2n) is 4.73. The molecule has 1 amide bonds. The first kappa shape index (κ1) is 15.0. The number of halogens is 2. The fourth-order valence-electron chi connectivity index (χ4n) is 1.31. The highest BCUT2D eigenvalue weighted by atomic mass is 19.1. The van der Waals surface area contributed by atoms with Gasteiger partial charge in [0.1, 0.15) is 5.82 Å². The number of carbonyl (C=O) groups excluding carboxylic acids is 1. The lowest BCUT2D eigenvalue weighted by Gasteiger charge is -2.24. The van der Waals surface area contributed by atoms with E-state index in [1.807, 2.05) is 6.92 Å². The van der Waals surface area contributed by atoms with Crippen molar-refractivity contribution < 1.29 is 18.5 Å². The summed E-state index contributed by atoms with van der Waals surface area (Å²) < 4.78 is 27.0. The average molecular weight is 272 g/mol. The maximum Gasteiger partial charge on any atom is 0.307 e. The molecule has 0 radical (unpaired) electrons. The molecule has 104 valence electrons. The molecule has 0 heterocycles. The Labute approximate surface area is 108 Å². The van der Waals surface area contributed by atoms with Crippen LogP contribution in [0.15, 0.2) is 12.1 Å². The molecule has 0 fully saturated rings. The van der Waals surface area contributed by atoms with Gasteiger partial charge in [0.2, 0.25) is 5.82 Å². The first-order valence-corrected chi connectivity index (χ1v) is 5.64. The van der Waals surface area contributed by atoms with E-state index in [2.05, 4.69) is 5.32 Å². The van der Waals surface area contributed by atoms with Crippen molar-refractivity contribution in [2.24, 2.45) is 0 Å². The van der Waals surface area contributed by atoms with Crippen molar-refractivity contribution in [2.75, 3.05) is 0 Å². The van der Waals surface area contributed by atoms with Crippen molar-refractivity contribution in [2.45, 2.75) is 32.7 Å². The van der Waals surface area contributed by atoms with Crippen LogP contribution in [-0.2, 0) is 0 Å². The highest BCUT2D eigenvalue weighted by Gasteiger charge is 2.25. The molecule has 0 unspecified atom stereocenters. The molecule has 0 atom stereocenters. The second kappa shape index (κ2) is 5.29. The lowest BCUT2D eigenvalue weighted by Crippen LogP contribution is -2.43. The van der Waals surface area contributed by atoms with Crippen LogP contribution in [0.25, 0.3) is 0 Å². The molecule has 5 nitrogen and oxygen atoms in total. The van der Waals surface area contributed by atoms with Gasteiger partial charge in [-0.2, -0.15) is 4.39 Å². The number of benzene rings is 1. The second-order valence-corrected chi connectivity index (χ2v) is 4.73. The summed E-state index contributed by atoms with van der Waals surface area (Å²) in [6.07, 6.45) is 0.593. The molecule has 1 aromatic rings. The Balaban J connectivity index is 3.12. The number of nitro groups is 1. The van der Waals surface area contributed by atoms with Crippen LogP contribution < -0.4 is 5.32 Å². The molecule has 1 N–H and O–H groups in total. The molecule has 0 bridgehead atoms. The number of hydrogen-bond donors (Lipinski definition) is 1. The fourth-order valence-corrected chi connectivity index (χ4v) is 1.31. The Kier molecular flexibility index (Phi) is 4.18. The summed E-state index contributed by atoms with van der Waals surface area (Å²) in [5.74, 6) is -3.18. The molecular weight excluding hydrogens is 258 g/mol. The van der Waals surface area contributed by atoms with Gasteiger partial charge >= 0.3 is 5.69 Å². The SMILES string of the molecule is CCC(C)(C)NC(=O)c1cc(F)c([N+](=O)[O-])cc1F. The normalized spacial score (nSPS) is 11.2. The third-order valence-corrected chi connectivity index (χ3v) is 2.81. The molecule has 0 aliphatic carbocycles. The fraction of sp³-hybridized carbons (Fsp3) is 0.417. The van der Waals surface area contributed by atoms with Crippen LogP contribution >= 0.6 is 0 Å². The number of nitrogens with zero attached hydrogens (tertiary/aromatic N) is 1. The first-order valence-electron chi connectivity index (χ1n) is 5.64. The summed E-state index contributed by atoms with van der Waals surface area (Å²) in [7, 11) is 0. The van der Waals surface area contributed by atoms with E-state index in [-0.39, 0.29) is 0 Å². The minimum Gasteiger partial charge on any atom is -0.347 e. The van der Waals surface area contributed by atoms with Crippen LogP contribution in [0.4, 0.5) is 14.5 Å². The number of nitro benzene ring substituents is 1. The van der Waals surface area contributed by atoms with E-state index in [0.29, 0.717) is 18.6 Å². The van der Waals surface area contributed by atoms with Gasteiger partial charge in [0, 0.05) is 5.54 Å². The van der Waals surface area contributed by atoms with Crippen LogP contribution in [0.5, 0.6) is 0 Å². The molecule has 19 heavy (non-hydrogen) atoms. The zero-order chi connectivity index (χ0) is 14.8. The highest BCUT2D eigenvalue weighted by molar-refractivity contribution is 5.95. The highest BCUT2D eigenvalue weighted by Crippen LogP contribution is 2.22. The Bertz CT molecular complexity index is 530. The smallest absolute Gasteiger partial charge is 0.307 e. The number of rotatable bonds is 4. The van der Waals surface area contributed by atoms with E-state index < -0.39 is 39.3 Å². The number of carbonyl (C=O) groups is 1. The van der Waals surface area contributed by atoms with E-state index in [9.17, 15) is 23.7 Å². The topological polar surface area (TPSA) is 72.2 Å². The first-order chi connectivity index (χ1) is 8.68. The Morgan fingerprint density at radius 2 is 1.95 bits per heavy atom. The summed E-state index contributed by atoms with van der Waals surface area (Å²) >= 11 is 0. The van der Waals surface area contributed by atoms with Gasteiger partial charge in [0.05, 0.1) is 16.6 Å². The monoisotopic (exact) mass is 272 g/mol. The van der Waals surface area contributed by atoms with Crippen LogP contribution in [0.2, 0.25) is 0 Å². The van der Waals surface area contributed by atoms with Crippen LogP contribution in [-0.4, -0.2) is 16.4 Å². The maximum atomic E-state index is 13.6. The van der Waals surface area contributed by atoms with Crippen LogP contribution in [0.1, 0.15) is 37.6 Å². The Hall–Kier alpha value is -2.05. The van der Waals surface area contributed by atoms with Crippen LogP contribution in [0, 0.1) is 21.7 Å². The molecule has 0 saturated carbocycles. The van der Waals surface area contributed by atoms with E-state index in [0.717, 1.165) is 0 Å². The van der Waals surface area contributed by atoms with E-state index in [1.54, 1.807) is 13.8 Å². The molecule has 0 aromatic heterocycles. The van der Waals surface area contributed by atoms with Crippen molar-refractivity contribution in [3.63, 3.8) is 0 Å². The number of nitrogens with one attached hydrogen (secondary N) is 1. The van der Waals surface area contributed by atoms with Gasteiger partial charge < -0.3 is 5.32 Å². The molecule has 7 heteroatoms. The lowest BCUT2D eigenvalue weighted by atomic mass is 10.0. The Morgan fingerprint density at radius 3 is 2.42 bits per heavy atom. The van der Waals surface area contributed by atoms with Crippen molar-refractivity contribution >= 4 is 11.6 Å². The minimum atomic E-state index is -1.24. The molecule has 0 aliphatic heterocycles. The number of hydrogen-bond acceptors (Lipinski definition) is 3. The molecule has 0 aliphatic rings. The third-order valence-electron chi connectivity index (χ3n) is 2.81. The van der Waals surface area contributed by atoms with E-state index >= 15 is 0 Å². The standard InChI is InChI=1S/C12H14F2N2O3/c1-4-12(2,3)15-11(17)7-5-9(14)10(16(18)19)6-8(7)13/h5-6H,4H2,1-3H3,(H,15,17).